The van der Waals surface area contributed by atoms with Crippen molar-refractivity contribution in [2.24, 2.45) is 0 Å². The third-order valence-corrected chi connectivity index (χ3v) is 3.64. The van der Waals surface area contributed by atoms with Crippen molar-refractivity contribution in [2.45, 2.75) is 18.2 Å². The molecule has 0 N–H and O–H groups in total. The summed E-state index contributed by atoms with van der Waals surface area (Å²) in [6.07, 6.45) is -4.76. The van der Waals surface area contributed by atoms with Crippen molar-refractivity contribution < 1.29 is 17.9 Å². The molecule has 1 rings (SSSR count). The van der Waals surface area contributed by atoms with E-state index < -0.39 is 12.2 Å². The molecular weight excluding hydrogens is 366 g/mol. The SMILES string of the molecule is Cc1cc(SI)c(OC(F)(F)F)nc1Cl. The average Bonchev–Trinajstić information content (AvgIpc) is 2.08. The number of rotatable bonds is 2. The number of pyridine rings is 1. The Morgan fingerprint density at radius 1 is 1.53 bits per heavy atom. The maximum absolute atomic E-state index is 12.0. The summed E-state index contributed by atoms with van der Waals surface area (Å²) in [6, 6.07) is 1.49. The van der Waals surface area contributed by atoms with E-state index in [2.05, 4.69) is 9.72 Å². The number of halogens is 5. The maximum Gasteiger partial charge on any atom is 0.574 e. The Morgan fingerprint density at radius 2 is 2.13 bits per heavy atom. The summed E-state index contributed by atoms with van der Waals surface area (Å²) in [7, 11) is 1.08. The van der Waals surface area contributed by atoms with Crippen molar-refractivity contribution in [3.05, 3.63) is 16.8 Å². The second-order valence-electron chi connectivity index (χ2n) is 2.52. The van der Waals surface area contributed by atoms with Crippen LogP contribution in [0.5, 0.6) is 5.88 Å². The fraction of sp³-hybridized carbons (Fsp3) is 0.286. The molecule has 0 aliphatic carbocycles. The van der Waals surface area contributed by atoms with Gasteiger partial charge in [0.1, 0.15) is 5.15 Å². The number of nitrogens with zero attached hydrogens (tertiary/aromatic N) is 1. The van der Waals surface area contributed by atoms with Gasteiger partial charge < -0.3 is 4.74 Å². The Hall–Kier alpha value is 0.110. The van der Waals surface area contributed by atoms with E-state index in [0.29, 0.717) is 5.56 Å². The normalized spacial score (nSPS) is 11.6. The fourth-order valence-corrected chi connectivity index (χ4v) is 2.24. The first-order valence-electron chi connectivity index (χ1n) is 3.55. The van der Waals surface area contributed by atoms with Gasteiger partial charge in [0.25, 0.3) is 0 Å². The van der Waals surface area contributed by atoms with Crippen LogP contribution in [0.1, 0.15) is 5.56 Å². The van der Waals surface area contributed by atoms with Crippen LogP contribution in [0, 0.1) is 6.92 Å². The van der Waals surface area contributed by atoms with Gasteiger partial charge in [0, 0.05) is 21.2 Å². The Labute approximate surface area is 105 Å². The minimum atomic E-state index is -4.76. The van der Waals surface area contributed by atoms with Crippen molar-refractivity contribution >= 4 is 41.7 Å². The van der Waals surface area contributed by atoms with Crippen molar-refractivity contribution in [2.75, 3.05) is 0 Å². The lowest BCUT2D eigenvalue weighted by Crippen LogP contribution is -2.18. The van der Waals surface area contributed by atoms with Crippen LogP contribution in [0.3, 0.4) is 0 Å². The lowest BCUT2D eigenvalue weighted by molar-refractivity contribution is -0.277. The van der Waals surface area contributed by atoms with Crippen molar-refractivity contribution in [1.29, 1.82) is 0 Å². The van der Waals surface area contributed by atoms with Gasteiger partial charge in [-0.3, -0.25) is 0 Å². The highest BCUT2D eigenvalue weighted by Crippen LogP contribution is 2.37. The maximum atomic E-state index is 12.0. The van der Waals surface area contributed by atoms with Crippen molar-refractivity contribution in [3.63, 3.8) is 0 Å². The smallest absolute Gasteiger partial charge is 0.387 e. The van der Waals surface area contributed by atoms with E-state index >= 15 is 0 Å². The van der Waals surface area contributed by atoms with E-state index in [1.165, 1.54) is 6.07 Å². The summed E-state index contributed by atoms with van der Waals surface area (Å²) in [5.41, 5.74) is 0.602. The third kappa shape index (κ3) is 3.87. The fourth-order valence-electron chi connectivity index (χ4n) is 0.788. The predicted octanol–water partition coefficient (Wildman–Crippen LogP) is 4.38. The van der Waals surface area contributed by atoms with E-state index in [0.717, 1.165) is 8.93 Å². The number of hydrogen-bond acceptors (Lipinski definition) is 3. The van der Waals surface area contributed by atoms with Crippen molar-refractivity contribution in [3.8, 4) is 5.88 Å². The van der Waals surface area contributed by atoms with E-state index in [1.807, 2.05) is 21.2 Å². The molecule has 0 unspecified atom stereocenters. The Bertz CT molecular complexity index is 374. The molecule has 1 aromatic heterocycles. The Balaban J connectivity index is 3.11. The summed E-state index contributed by atoms with van der Waals surface area (Å²) in [6.45, 7) is 1.66. The van der Waals surface area contributed by atoms with Crippen LogP contribution in [0.15, 0.2) is 11.0 Å². The lowest BCUT2D eigenvalue weighted by atomic mass is 10.3. The van der Waals surface area contributed by atoms with Crippen LogP contribution in [0.2, 0.25) is 5.15 Å². The number of ether oxygens (including phenoxy) is 1. The van der Waals surface area contributed by atoms with Gasteiger partial charge in [-0.05, 0) is 27.5 Å². The number of aromatic nitrogens is 1. The lowest BCUT2D eigenvalue weighted by Gasteiger charge is -2.11. The second-order valence-corrected chi connectivity index (χ2v) is 4.80. The molecule has 0 bridgehead atoms. The molecule has 8 heteroatoms. The zero-order valence-electron chi connectivity index (χ0n) is 7.23. The van der Waals surface area contributed by atoms with Gasteiger partial charge in [-0.15, -0.1) is 13.2 Å². The van der Waals surface area contributed by atoms with Gasteiger partial charge in [0.05, 0.1) is 4.90 Å². The third-order valence-electron chi connectivity index (χ3n) is 1.38. The molecule has 0 fully saturated rings. The molecule has 0 radical (unpaired) electrons. The highest BCUT2D eigenvalue weighted by atomic mass is 127. The predicted molar refractivity (Wildman–Crippen MR) is 60.5 cm³/mol. The Morgan fingerprint density at radius 3 is 2.60 bits per heavy atom. The standard InChI is InChI=1S/C7H4ClF3INOS/c1-3-2-4(15-12)6(13-5(3)8)14-7(9,10)11/h2H,1H3. The largest absolute Gasteiger partial charge is 0.574 e. The minimum absolute atomic E-state index is 0.00319. The van der Waals surface area contributed by atoms with Gasteiger partial charge in [0.15, 0.2) is 0 Å². The highest BCUT2D eigenvalue weighted by molar-refractivity contribution is 14.2. The number of aryl methyl sites for hydroxylation is 1. The van der Waals surface area contributed by atoms with Crippen molar-refractivity contribution in [1.82, 2.24) is 4.98 Å². The Kier molecular flexibility index (Phi) is 4.36. The van der Waals surface area contributed by atoms with Crippen LogP contribution < -0.4 is 4.74 Å². The van der Waals surface area contributed by atoms with Crippen LogP contribution in [0.25, 0.3) is 0 Å². The summed E-state index contributed by atoms with van der Waals surface area (Å²) >= 11 is 7.45. The van der Waals surface area contributed by atoms with Gasteiger partial charge in [-0.2, -0.15) is 0 Å². The second kappa shape index (κ2) is 4.96. The monoisotopic (exact) mass is 369 g/mol. The molecule has 0 saturated carbocycles. The molecule has 84 valence electrons. The summed E-state index contributed by atoms with van der Waals surface area (Å²) < 4.78 is 39.7. The quantitative estimate of drug-likeness (QED) is 0.570. The molecule has 0 aromatic carbocycles. The van der Waals surface area contributed by atoms with Gasteiger partial charge >= 0.3 is 6.36 Å². The van der Waals surface area contributed by atoms with Gasteiger partial charge in [-0.1, -0.05) is 11.6 Å². The molecule has 0 atom stereocenters. The first kappa shape index (κ1) is 13.2. The molecule has 0 aliphatic heterocycles. The molecule has 0 spiro atoms. The summed E-state index contributed by atoms with van der Waals surface area (Å²) in [4.78, 5) is 3.81. The topological polar surface area (TPSA) is 22.1 Å². The van der Waals surface area contributed by atoms with E-state index in [-0.39, 0.29) is 10.0 Å². The zero-order valence-corrected chi connectivity index (χ0v) is 11.0. The van der Waals surface area contributed by atoms with Crippen LogP contribution >= 0.6 is 41.7 Å². The van der Waals surface area contributed by atoms with E-state index in [1.54, 1.807) is 6.92 Å². The molecule has 1 heterocycles. The average molecular weight is 370 g/mol. The van der Waals surface area contributed by atoms with Crippen LogP contribution in [-0.4, -0.2) is 11.3 Å². The first-order valence-corrected chi connectivity index (χ1v) is 7.28. The van der Waals surface area contributed by atoms with Gasteiger partial charge in [0.2, 0.25) is 5.88 Å². The van der Waals surface area contributed by atoms with E-state index in [9.17, 15) is 13.2 Å². The van der Waals surface area contributed by atoms with Gasteiger partial charge in [-0.25, -0.2) is 4.98 Å². The highest BCUT2D eigenvalue weighted by Gasteiger charge is 2.33. The molecule has 0 saturated heterocycles. The number of alkyl halides is 3. The molecule has 1 aromatic rings. The zero-order chi connectivity index (χ0) is 11.6. The first-order chi connectivity index (χ1) is 6.83. The molecule has 2 nitrogen and oxygen atoms in total. The molecule has 15 heavy (non-hydrogen) atoms. The van der Waals surface area contributed by atoms with E-state index in [4.69, 9.17) is 11.6 Å². The minimum Gasteiger partial charge on any atom is -0.387 e. The van der Waals surface area contributed by atoms with Crippen LogP contribution in [-0.2, 0) is 0 Å². The molecule has 0 amide bonds. The number of hydrogen-bond donors (Lipinski definition) is 0. The molecule has 0 aliphatic rings. The van der Waals surface area contributed by atoms with Crippen LogP contribution in [0.4, 0.5) is 13.2 Å². The molecular formula is C7H4ClF3INOS. The summed E-state index contributed by atoms with van der Waals surface area (Å²) in [5, 5.41) is 0.00319. The summed E-state index contributed by atoms with van der Waals surface area (Å²) in [5.74, 6) is -0.516.